The molecule has 1 aromatic heterocycles. The average molecular weight is 130 g/mol. The first-order valence-electron chi connectivity index (χ1n) is 2.13. The van der Waals surface area contributed by atoms with E-state index in [1.165, 1.54) is 18.4 Å². The quantitative estimate of drug-likeness (QED) is 0.623. The van der Waals surface area contributed by atoms with Crippen molar-refractivity contribution in [1.82, 2.24) is 0 Å². The lowest BCUT2D eigenvalue weighted by Gasteiger charge is -1.91. The maximum atomic E-state index is 8.84. The van der Waals surface area contributed by atoms with Crippen LogP contribution in [0.3, 0.4) is 0 Å². The number of ether oxygens (including phenoxy) is 1. The molecular formula is C5H6O2S. The molecule has 0 aromatic carbocycles. The molecule has 0 fully saturated rings. The van der Waals surface area contributed by atoms with E-state index in [1.54, 1.807) is 10.8 Å². The molecule has 1 N–H and O–H groups in total. The van der Waals surface area contributed by atoms with Crippen LogP contribution in [0.15, 0.2) is 10.8 Å². The monoisotopic (exact) mass is 130 g/mol. The molecule has 0 saturated carbocycles. The SMILES string of the molecule is COc1cscc1O. The molecule has 0 aliphatic carbocycles. The van der Waals surface area contributed by atoms with Gasteiger partial charge in [0.1, 0.15) is 0 Å². The van der Waals surface area contributed by atoms with Gasteiger partial charge in [-0.2, -0.15) is 0 Å². The van der Waals surface area contributed by atoms with Gasteiger partial charge < -0.3 is 9.84 Å². The first-order valence-corrected chi connectivity index (χ1v) is 3.08. The van der Waals surface area contributed by atoms with Gasteiger partial charge in [-0.15, -0.1) is 11.3 Å². The molecule has 2 nitrogen and oxygen atoms in total. The second-order valence-electron chi connectivity index (χ2n) is 1.33. The number of hydrogen-bond donors (Lipinski definition) is 1. The van der Waals surface area contributed by atoms with Gasteiger partial charge in [0.2, 0.25) is 0 Å². The standard InChI is InChI=1S/C5H6O2S/c1-7-5-3-8-2-4(5)6/h2-3,6H,1H3. The van der Waals surface area contributed by atoms with Crippen LogP contribution in [0.2, 0.25) is 0 Å². The van der Waals surface area contributed by atoms with Crippen molar-refractivity contribution >= 4 is 11.3 Å². The Balaban J connectivity index is 2.92. The summed E-state index contributed by atoms with van der Waals surface area (Å²) in [6, 6.07) is 0. The molecule has 3 heteroatoms. The molecule has 0 bridgehead atoms. The summed E-state index contributed by atoms with van der Waals surface area (Å²) in [6.45, 7) is 0. The maximum Gasteiger partial charge on any atom is 0.171 e. The van der Waals surface area contributed by atoms with E-state index in [0.717, 1.165) is 0 Å². The molecule has 0 atom stereocenters. The Morgan fingerprint density at radius 3 is 2.62 bits per heavy atom. The highest BCUT2D eigenvalue weighted by molar-refractivity contribution is 7.08. The Bertz CT molecular complexity index is 171. The third-order valence-corrected chi connectivity index (χ3v) is 1.54. The second kappa shape index (κ2) is 2.05. The largest absolute Gasteiger partial charge is 0.504 e. The molecule has 0 unspecified atom stereocenters. The normalized spacial score (nSPS) is 9.12. The Morgan fingerprint density at radius 1 is 1.62 bits per heavy atom. The summed E-state index contributed by atoms with van der Waals surface area (Å²) < 4.78 is 4.75. The van der Waals surface area contributed by atoms with Crippen LogP contribution in [-0.4, -0.2) is 12.2 Å². The molecule has 0 saturated heterocycles. The molecule has 44 valence electrons. The lowest BCUT2D eigenvalue weighted by molar-refractivity contribution is 0.377. The summed E-state index contributed by atoms with van der Waals surface area (Å²) in [7, 11) is 1.53. The zero-order valence-electron chi connectivity index (χ0n) is 4.42. The lowest BCUT2D eigenvalue weighted by atomic mass is 10.5. The molecule has 0 radical (unpaired) electrons. The highest BCUT2D eigenvalue weighted by Gasteiger charge is 1.97. The van der Waals surface area contributed by atoms with E-state index in [2.05, 4.69) is 0 Å². The summed E-state index contributed by atoms with van der Waals surface area (Å²) in [5.74, 6) is 0.771. The predicted molar refractivity (Wildman–Crippen MR) is 32.5 cm³/mol. The average Bonchev–Trinajstić information content (AvgIpc) is 2.14. The molecule has 0 aliphatic rings. The number of thiophene rings is 1. The van der Waals surface area contributed by atoms with E-state index in [0.29, 0.717) is 5.75 Å². The van der Waals surface area contributed by atoms with E-state index in [-0.39, 0.29) is 5.75 Å². The van der Waals surface area contributed by atoms with Gasteiger partial charge in [0.15, 0.2) is 11.5 Å². The smallest absolute Gasteiger partial charge is 0.171 e. The van der Waals surface area contributed by atoms with Crippen molar-refractivity contribution in [3.05, 3.63) is 10.8 Å². The Morgan fingerprint density at radius 2 is 2.38 bits per heavy atom. The maximum absolute atomic E-state index is 8.84. The van der Waals surface area contributed by atoms with Crippen molar-refractivity contribution in [2.24, 2.45) is 0 Å². The third kappa shape index (κ3) is 0.767. The van der Waals surface area contributed by atoms with Gasteiger partial charge in [0, 0.05) is 10.8 Å². The Labute approximate surface area is 51.3 Å². The predicted octanol–water partition coefficient (Wildman–Crippen LogP) is 1.46. The fourth-order valence-corrected chi connectivity index (χ4v) is 1.09. The van der Waals surface area contributed by atoms with Gasteiger partial charge >= 0.3 is 0 Å². The molecular weight excluding hydrogens is 124 g/mol. The van der Waals surface area contributed by atoms with Gasteiger partial charge in [-0.25, -0.2) is 0 Å². The summed E-state index contributed by atoms with van der Waals surface area (Å²) in [6.07, 6.45) is 0. The minimum atomic E-state index is 0.220. The third-order valence-electron chi connectivity index (χ3n) is 0.827. The summed E-state index contributed by atoms with van der Waals surface area (Å²) in [5, 5.41) is 12.2. The highest BCUT2D eigenvalue weighted by atomic mass is 32.1. The van der Waals surface area contributed by atoms with Gasteiger partial charge in [-0.05, 0) is 0 Å². The number of methoxy groups -OCH3 is 1. The Hall–Kier alpha value is -0.700. The summed E-state index contributed by atoms with van der Waals surface area (Å²) >= 11 is 1.42. The van der Waals surface area contributed by atoms with Crippen LogP contribution in [0.5, 0.6) is 11.5 Å². The van der Waals surface area contributed by atoms with Crippen molar-refractivity contribution in [2.75, 3.05) is 7.11 Å². The first kappa shape index (κ1) is 5.44. The zero-order chi connectivity index (χ0) is 5.98. The molecule has 0 amide bonds. The van der Waals surface area contributed by atoms with Crippen molar-refractivity contribution in [2.45, 2.75) is 0 Å². The van der Waals surface area contributed by atoms with Crippen molar-refractivity contribution in [1.29, 1.82) is 0 Å². The molecule has 1 heterocycles. The highest BCUT2D eigenvalue weighted by Crippen LogP contribution is 2.28. The second-order valence-corrected chi connectivity index (χ2v) is 2.07. The van der Waals surface area contributed by atoms with Crippen LogP contribution in [0.1, 0.15) is 0 Å². The molecule has 1 rings (SSSR count). The molecule has 8 heavy (non-hydrogen) atoms. The van der Waals surface area contributed by atoms with Gasteiger partial charge in [0.05, 0.1) is 7.11 Å². The fraction of sp³-hybridized carbons (Fsp3) is 0.200. The van der Waals surface area contributed by atoms with E-state index in [4.69, 9.17) is 9.84 Å². The molecule has 1 aromatic rings. The van der Waals surface area contributed by atoms with Crippen LogP contribution in [0.25, 0.3) is 0 Å². The number of rotatable bonds is 1. The van der Waals surface area contributed by atoms with Crippen LogP contribution in [0.4, 0.5) is 0 Å². The van der Waals surface area contributed by atoms with Crippen molar-refractivity contribution in [3.63, 3.8) is 0 Å². The molecule has 0 aliphatic heterocycles. The van der Waals surface area contributed by atoms with Gasteiger partial charge in [-0.1, -0.05) is 0 Å². The van der Waals surface area contributed by atoms with Gasteiger partial charge in [-0.3, -0.25) is 0 Å². The number of aromatic hydroxyl groups is 1. The Kier molecular flexibility index (Phi) is 1.39. The van der Waals surface area contributed by atoms with Crippen molar-refractivity contribution in [3.8, 4) is 11.5 Å². The summed E-state index contributed by atoms with van der Waals surface area (Å²) in [5.41, 5.74) is 0. The first-order chi connectivity index (χ1) is 3.84. The fourth-order valence-electron chi connectivity index (χ4n) is 0.431. The van der Waals surface area contributed by atoms with Crippen LogP contribution in [0, 0.1) is 0 Å². The zero-order valence-corrected chi connectivity index (χ0v) is 5.23. The van der Waals surface area contributed by atoms with E-state index < -0.39 is 0 Å². The van der Waals surface area contributed by atoms with Gasteiger partial charge in [0.25, 0.3) is 0 Å². The summed E-state index contributed by atoms with van der Waals surface area (Å²) in [4.78, 5) is 0. The van der Waals surface area contributed by atoms with Crippen molar-refractivity contribution < 1.29 is 9.84 Å². The minimum absolute atomic E-state index is 0.220. The topological polar surface area (TPSA) is 29.5 Å². The van der Waals surface area contributed by atoms with Crippen LogP contribution < -0.4 is 4.74 Å². The van der Waals surface area contributed by atoms with E-state index in [9.17, 15) is 0 Å². The minimum Gasteiger partial charge on any atom is -0.504 e. The number of hydrogen-bond acceptors (Lipinski definition) is 3. The lowest BCUT2D eigenvalue weighted by Crippen LogP contribution is -1.76. The van der Waals surface area contributed by atoms with Crippen LogP contribution in [-0.2, 0) is 0 Å². The van der Waals surface area contributed by atoms with E-state index in [1.807, 2.05) is 0 Å². The van der Waals surface area contributed by atoms with E-state index >= 15 is 0 Å². The molecule has 0 spiro atoms. The van der Waals surface area contributed by atoms with Crippen LogP contribution >= 0.6 is 11.3 Å².